The Labute approximate surface area is 101 Å². The molecular weight excluding hydrogens is 244 g/mol. The first-order valence-electron chi connectivity index (χ1n) is 5.27. The van der Waals surface area contributed by atoms with Gasteiger partial charge in [-0.05, 0) is 6.92 Å². The second-order valence-electron chi connectivity index (χ2n) is 4.07. The Morgan fingerprint density at radius 3 is 2.71 bits per heavy atom. The topological polar surface area (TPSA) is 95.3 Å². The lowest BCUT2D eigenvalue weighted by atomic mass is 10.0. The molecular formula is C10H14N2O4S. The molecule has 1 aliphatic heterocycles. The molecule has 3 N–H and O–H groups in total. The van der Waals surface area contributed by atoms with Crippen molar-refractivity contribution in [3.8, 4) is 0 Å². The quantitative estimate of drug-likeness (QED) is 0.650. The third kappa shape index (κ3) is 2.05. The summed E-state index contributed by atoms with van der Waals surface area (Å²) < 4.78 is 1.41. The number of hydrogen-bond acceptors (Lipinski definition) is 5. The van der Waals surface area contributed by atoms with Crippen LogP contribution in [0.25, 0.3) is 0 Å². The molecule has 6 nitrogen and oxygen atoms in total. The molecule has 94 valence electrons. The zero-order valence-corrected chi connectivity index (χ0v) is 10.1. The summed E-state index contributed by atoms with van der Waals surface area (Å²) in [6.07, 6.45) is 1.50. The number of thioether (sulfide) groups is 1. The van der Waals surface area contributed by atoms with E-state index in [1.54, 1.807) is 6.92 Å². The second-order valence-corrected chi connectivity index (χ2v) is 5.43. The van der Waals surface area contributed by atoms with Crippen molar-refractivity contribution >= 4 is 11.8 Å². The van der Waals surface area contributed by atoms with E-state index in [2.05, 4.69) is 4.98 Å². The van der Waals surface area contributed by atoms with Crippen molar-refractivity contribution in [1.82, 2.24) is 9.55 Å². The average Bonchev–Trinajstić information content (AvgIpc) is 2.25. The molecule has 7 heteroatoms. The number of aliphatic hydroxyl groups is 2. The summed E-state index contributed by atoms with van der Waals surface area (Å²) in [6, 6.07) is 0. The van der Waals surface area contributed by atoms with Gasteiger partial charge in [0.15, 0.2) is 0 Å². The van der Waals surface area contributed by atoms with Gasteiger partial charge in [-0.3, -0.25) is 14.3 Å². The third-order valence-electron chi connectivity index (χ3n) is 2.97. The number of hydrogen-bond donors (Lipinski definition) is 3. The summed E-state index contributed by atoms with van der Waals surface area (Å²) in [4.78, 5) is 25.1. The van der Waals surface area contributed by atoms with Crippen molar-refractivity contribution < 1.29 is 10.2 Å². The molecule has 1 aromatic heterocycles. The van der Waals surface area contributed by atoms with E-state index < -0.39 is 11.2 Å². The molecule has 1 saturated heterocycles. The molecule has 0 amide bonds. The van der Waals surface area contributed by atoms with E-state index in [-0.39, 0.29) is 29.8 Å². The molecule has 0 spiro atoms. The van der Waals surface area contributed by atoms with Crippen LogP contribution < -0.4 is 11.2 Å². The van der Waals surface area contributed by atoms with E-state index in [1.165, 1.54) is 22.5 Å². The van der Waals surface area contributed by atoms with Gasteiger partial charge in [-0.1, -0.05) is 0 Å². The predicted molar refractivity (Wildman–Crippen MR) is 64.1 cm³/mol. The largest absolute Gasteiger partial charge is 0.396 e. The Hall–Kier alpha value is -1.05. The van der Waals surface area contributed by atoms with Crippen molar-refractivity contribution in [3.63, 3.8) is 0 Å². The fraction of sp³-hybridized carbons (Fsp3) is 0.600. The van der Waals surface area contributed by atoms with E-state index in [1.807, 2.05) is 0 Å². The van der Waals surface area contributed by atoms with Crippen molar-refractivity contribution in [2.24, 2.45) is 5.92 Å². The third-order valence-corrected chi connectivity index (χ3v) is 4.67. The molecule has 0 saturated carbocycles. The van der Waals surface area contributed by atoms with E-state index in [9.17, 15) is 14.7 Å². The van der Waals surface area contributed by atoms with Crippen LogP contribution >= 0.6 is 11.8 Å². The second kappa shape index (κ2) is 4.67. The van der Waals surface area contributed by atoms with Gasteiger partial charge >= 0.3 is 5.69 Å². The minimum Gasteiger partial charge on any atom is -0.396 e. The van der Waals surface area contributed by atoms with Crippen LogP contribution in [0.1, 0.15) is 10.9 Å². The van der Waals surface area contributed by atoms with Crippen LogP contribution in [-0.2, 0) is 0 Å². The molecule has 1 aliphatic rings. The molecule has 0 bridgehead atoms. The van der Waals surface area contributed by atoms with Crippen LogP contribution in [0, 0.1) is 12.8 Å². The lowest BCUT2D eigenvalue weighted by molar-refractivity contribution is 0.155. The Morgan fingerprint density at radius 1 is 1.41 bits per heavy atom. The summed E-state index contributed by atoms with van der Waals surface area (Å²) in [5.41, 5.74) is -0.419. The molecule has 2 heterocycles. The van der Waals surface area contributed by atoms with Gasteiger partial charge in [0.05, 0.1) is 12.0 Å². The van der Waals surface area contributed by atoms with Crippen molar-refractivity contribution in [2.45, 2.75) is 17.5 Å². The number of rotatable bonds is 3. The Morgan fingerprint density at radius 2 is 2.12 bits per heavy atom. The average molecular weight is 258 g/mol. The molecule has 17 heavy (non-hydrogen) atoms. The molecule has 2 rings (SSSR count). The van der Waals surface area contributed by atoms with Crippen LogP contribution in [0.5, 0.6) is 0 Å². The standard InChI is InChI=1S/C10H14N2O4S/c1-5-2-12(10(16)11-8(5)15)9-6(3-13)7(4-14)17-9/h2,6-7,9,13-14H,3-4H2,1H3,(H,11,15,16)/t6-,7-,9?/m0/s1. The number of aryl methyl sites for hydroxylation is 1. The van der Waals surface area contributed by atoms with Gasteiger partial charge in [0.2, 0.25) is 0 Å². The first-order chi connectivity index (χ1) is 8.08. The highest BCUT2D eigenvalue weighted by Crippen LogP contribution is 2.49. The number of nitrogens with one attached hydrogen (secondary N) is 1. The number of aromatic amines is 1. The first-order valence-corrected chi connectivity index (χ1v) is 6.22. The van der Waals surface area contributed by atoms with E-state index in [0.29, 0.717) is 5.56 Å². The summed E-state index contributed by atoms with van der Waals surface area (Å²) >= 11 is 1.42. The smallest absolute Gasteiger partial charge is 0.329 e. The van der Waals surface area contributed by atoms with Crippen LogP contribution in [0.2, 0.25) is 0 Å². The normalized spacial score (nSPS) is 27.8. The molecule has 1 unspecified atom stereocenters. The molecule has 1 fully saturated rings. The first kappa shape index (κ1) is 12.4. The Kier molecular flexibility index (Phi) is 3.41. The van der Waals surface area contributed by atoms with Gasteiger partial charge in [-0.25, -0.2) is 4.79 Å². The van der Waals surface area contributed by atoms with Gasteiger partial charge < -0.3 is 10.2 Å². The summed E-state index contributed by atoms with van der Waals surface area (Å²) in [6.45, 7) is 1.51. The van der Waals surface area contributed by atoms with Gasteiger partial charge in [0, 0.05) is 29.5 Å². The lowest BCUT2D eigenvalue weighted by Crippen LogP contribution is -2.46. The molecule has 0 aromatic carbocycles. The lowest BCUT2D eigenvalue weighted by Gasteiger charge is -2.42. The van der Waals surface area contributed by atoms with Crippen molar-refractivity contribution in [2.75, 3.05) is 13.2 Å². The number of aromatic nitrogens is 2. The predicted octanol–water partition coefficient (Wildman–Crippen LogP) is -0.940. The van der Waals surface area contributed by atoms with Crippen LogP contribution in [0.3, 0.4) is 0 Å². The molecule has 0 aliphatic carbocycles. The molecule has 0 radical (unpaired) electrons. The highest BCUT2D eigenvalue weighted by molar-refractivity contribution is 8.01. The zero-order valence-electron chi connectivity index (χ0n) is 9.29. The minimum atomic E-state index is -0.479. The van der Waals surface area contributed by atoms with Gasteiger partial charge in [-0.2, -0.15) is 0 Å². The van der Waals surface area contributed by atoms with Gasteiger partial charge in [0.1, 0.15) is 0 Å². The summed E-state index contributed by atoms with van der Waals surface area (Å²) in [5, 5.41) is 18.0. The monoisotopic (exact) mass is 258 g/mol. The van der Waals surface area contributed by atoms with Crippen LogP contribution in [-0.4, -0.2) is 38.2 Å². The SMILES string of the molecule is Cc1cn(C2S[C@@H](CO)[C@@H]2CO)c(=O)[nH]c1=O. The maximum absolute atomic E-state index is 11.6. The van der Waals surface area contributed by atoms with Gasteiger partial charge in [0.25, 0.3) is 5.56 Å². The summed E-state index contributed by atoms with van der Waals surface area (Å²) in [5.74, 6) is -0.159. The minimum absolute atomic E-state index is 0.0243. The van der Waals surface area contributed by atoms with E-state index >= 15 is 0 Å². The maximum atomic E-state index is 11.6. The number of H-pyrrole nitrogens is 1. The fourth-order valence-electron chi connectivity index (χ4n) is 1.91. The fourth-order valence-corrected chi connectivity index (χ4v) is 3.28. The Bertz CT molecular complexity index is 524. The highest BCUT2D eigenvalue weighted by atomic mass is 32.2. The number of nitrogens with zero attached hydrogens (tertiary/aromatic N) is 1. The van der Waals surface area contributed by atoms with E-state index in [0.717, 1.165) is 0 Å². The van der Waals surface area contributed by atoms with Gasteiger partial charge in [-0.15, -0.1) is 11.8 Å². The Balaban J connectivity index is 2.33. The highest BCUT2D eigenvalue weighted by Gasteiger charge is 2.42. The van der Waals surface area contributed by atoms with Crippen LogP contribution in [0.15, 0.2) is 15.8 Å². The summed E-state index contributed by atoms with van der Waals surface area (Å²) in [7, 11) is 0. The van der Waals surface area contributed by atoms with Crippen molar-refractivity contribution in [3.05, 3.63) is 32.6 Å². The molecule has 3 atom stereocenters. The van der Waals surface area contributed by atoms with E-state index in [4.69, 9.17) is 5.11 Å². The molecule has 1 aromatic rings. The maximum Gasteiger partial charge on any atom is 0.329 e. The van der Waals surface area contributed by atoms with Crippen molar-refractivity contribution in [1.29, 1.82) is 0 Å². The van der Waals surface area contributed by atoms with Crippen LogP contribution in [0.4, 0.5) is 0 Å². The zero-order chi connectivity index (χ0) is 12.6. The number of aliphatic hydroxyl groups excluding tert-OH is 2.